The zero-order valence-electron chi connectivity index (χ0n) is 21.5. The molecule has 202 valence electrons. The number of carbonyl (C=O) groups is 1. The zero-order chi connectivity index (χ0) is 26.7. The highest BCUT2D eigenvalue weighted by atomic mass is 16.7. The van der Waals surface area contributed by atoms with Gasteiger partial charge >= 0.3 is 0 Å². The van der Waals surface area contributed by atoms with Crippen LogP contribution in [0.15, 0.2) is 60.7 Å². The van der Waals surface area contributed by atoms with E-state index in [0.717, 1.165) is 12.0 Å². The summed E-state index contributed by atoms with van der Waals surface area (Å²) in [6.45, 7) is 0.735. The molecule has 0 aromatic heterocycles. The Kier molecular flexibility index (Phi) is 10.1. The van der Waals surface area contributed by atoms with Gasteiger partial charge < -0.3 is 38.3 Å². The van der Waals surface area contributed by atoms with E-state index >= 15 is 0 Å². The summed E-state index contributed by atoms with van der Waals surface area (Å²) in [7, 11) is 2.95. The first-order chi connectivity index (χ1) is 18.7. The first-order valence-electron chi connectivity index (χ1n) is 12.2. The van der Waals surface area contributed by atoms with Crippen molar-refractivity contribution in [3.8, 4) is 17.2 Å². The first kappa shape index (κ1) is 27.6. The fourth-order valence-electron chi connectivity index (χ4n) is 4.07. The van der Waals surface area contributed by atoms with Crippen molar-refractivity contribution in [1.82, 2.24) is 0 Å². The summed E-state index contributed by atoms with van der Waals surface area (Å²) in [4.78, 5) is 14.4. The van der Waals surface area contributed by atoms with Crippen molar-refractivity contribution in [1.29, 1.82) is 0 Å². The van der Waals surface area contributed by atoms with Crippen LogP contribution in [0.4, 0.5) is 0 Å². The molecule has 0 spiro atoms. The van der Waals surface area contributed by atoms with Crippen LogP contribution in [0.1, 0.15) is 45.3 Å². The highest BCUT2D eigenvalue weighted by Gasteiger charge is 2.31. The van der Waals surface area contributed by atoms with Gasteiger partial charge in [0.1, 0.15) is 29.4 Å². The van der Waals surface area contributed by atoms with E-state index in [1.807, 2.05) is 30.3 Å². The number of aliphatic hydroxyl groups excluding tert-OH is 1. The van der Waals surface area contributed by atoms with Crippen molar-refractivity contribution in [3.63, 3.8) is 0 Å². The van der Waals surface area contributed by atoms with Crippen molar-refractivity contribution in [3.05, 3.63) is 88.5 Å². The summed E-state index contributed by atoms with van der Waals surface area (Å²) < 4.78 is 39.6. The van der Waals surface area contributed by atoms with E-state index in [1.165, 1.54) is 14.2 Å². The topological polar surface area (TPSA) is 102 Å². The third-order valence-electron chi connectivity index (χ3n) is 5.80. The summed E-state index contributed by atoms with van der Waals surface area (Å²) in [5.74, 6) is 0.298. The van der Waals surface area contributed by atoms with Crippen LogP contribution in [0.2, 0.25) is 0 Å². The van der Waals surface area contributed by atoms with Gasteiger partial charge in [0.05, 0.1) is 25.4 Å². The SMILES string of the molecule is COCOc1cc(CO)cc(OCOC)c1C(=O)c1c(OCc2ccccc2)cccc1C1OCCCO1. The van der Waals surface area contributed by atoms with Crippen LogP contribution >= 0.6 is 0 Å². The Bertz CT molecular complexity index is 1160. The summed E-state index contributed by atoms with van der Waals surface area (Å²) in [5, 5.41) is 9.81. The second kappa shape index (κ2) is 13.9. The van der Waals surface area contributed by atoms with E-state index in [-0.39, 0.29) is 49.4 Å². The third-order valence-corrected chi connectivity index (χ3v) is 5.80. The lowest BCUT2D eigenvalue weighted by Crippen LogP contribution is -2.21. The molecule has 0 saturated carbocycles. The maximum Gasteiger partial charge on any atom is 0.204 e. The number of rotatable bonds is 13. The van der Waals surface area contributed by atoms with Crippen LogP contribution in [0.3, 0.4) is 0 Å². The van der Waals surface area contributed by atoms with Crippen LogP contribution in [0.5, 0.6) is 17.2 Å². The van der Waals surface area contributed by atoms with Crippen LogP contribution in [-0.4, -0.2) is 51.9 Å². The second-order valence-electron chi connectivity index (χ2n) is 8.48. The lowest BCUT2D eigenvalue weighted by atomic mass is 9.94. The lowest BCUT2D eigenvalue weighted by molar-refractivity contribution is -0.183. The Morgan fingerprint density at radius 1 is 0.816 bits per heavy atom. The fraction of sp³-hybridized carbons (Fsp3) is 0.345. The second-order valence-corrected chi connectivity index (χ2v) is 8.48. The Morgan fingerprint density at radius 2 is 1.47 bits per heavy atom. The van der Waals surface area contributed by atoms with Gasteiger partial charge in [-0.05, 0) is 35.7 Å². The van der Waals surface area contributed by atoms with E-state index in [4.69, 9.17) is 33.2 Å². The molecular weight excluding hydrogens is 492 g/mol. The lowest BCUT2D eigenvalue weighted by Gasteiger charge is -2.26. The zero-order valence-corrected chi connectivity index (χ0v) is 21.5. The molecule has 4 rings (SSSR count). The Labute approximate surface area is 221 Å². The molecule has 1 N–H and O–H groups in total. The van der Waals surface area contributed by atoms with Crippen molar-refractivity contribution in [2.24, 2.45) is 0 Å². The normalized spacial score (nSPS) is 13.8. The molecule has 0 bridgehead atoms. The maximum atomic E-state index is 14.4. The standard InChI is InChI=1S/C29H32O9/c1-32-18-37-24-14-21(16-30)15-25(38-19-33-2)27(24)28(31)26-22(29-34-12-7-13-35-29)10-6-11-23(26)36-17-20-8-4-3-5-9-20/h3-6,8-11,14-15,29-30H,7,12-13,16-19H2,1-2H3. The van der Waals surface area contributed by atoms with Gasteiger partial charge in [0.25, 0.3) is 0 Å². The molecule has 0 unspecified atom stereocenters. The van der Waals surface area contributed by atoms with Crippen molar-refractivity contribution >= 4 is 5.78 Å². The van der Waals surface area contributed by atoms with Crippen molar-refractivity contribution < 1.29 is 43.1 Å². The molecule has 0 atom stereocenters. The van der Waals surface area contributed by atoms with Crippen molar-refractivity contribution in [2.75, 3.05) is 41.0 Å². The van der Waals surface area contributed by atoms with E-state index in [9.17, 15) is 9.90 Å². The maximum absolute atomic E-state index is 14.4. The molecule has 38 heavy (non-hydrogen) atoms. The molecular formula is C29H32O9. The highest BCUT2D eigenvalue weighted by Crippen LogP contribution is 2.39. The summed E-state index contributed by atoms with van der Waals surface area (Å²) in [6, 6.07) is 18.1. The number of benzene rings is 3. The molecule has 9 heteroatoms. The number of methoxy groups -OCH3 is 2. The van der Waals surface area contributed by atoms with E-state index in [0.29, 0.717) is 30.1 Å². The monoisotopic (exact) mass is 524 g/mol. The molecule has 0 radical (unpaired) electrons. The van der Waals surface area contributed by atoms with Gasteiger partial charge in [0.15, 0.2) is 19.9 Å². The molecule has 9 nitrogen and oxygen atoms in total. The highest BCUT2D eigenvalue weighted by molar-refractivity contribution is 6.15. The van der Waals surface area contributed by atoms with Gasteiger partial charge in [-0.15, -0.1) is 0 Å². The number of hydrogen-bond donors (Lipinski definition) is 1. The molecule has 3 aromatic rings. The van der Waals surface area contributed by atoms with Crippen LogP contribution in [0.25, 0.3) is 0 Å². The van der Waals surface area contributed by atoms with Gasteiger partial charge in [0, 0.05) is 19.8 Å². The molecule has 1 fully saturated rings. The van der Waals surface area contributed by atoms with Gasteiger partial charge in [-0.25, -0.2) is 0 Å². The minimum absolute atomic E-state index is 0.118. The smallest absolute Gasteiger partial charge is 0.204 e. The van der Waals surface area contributed by atoms with Gasteiger partial charge in [-0.1, -0.05) is 42.5 Å². The van der Waals surface area contributed by atoms with Gasteiger partial charge in [-0.3, -0.25) is 4.79 Å². The number of hydrogen-bond acceptors (Lipinski definition) is 9. The first-order valence-corrected chi connectivity index (χ1v) is 12.2. The minimum atomic E-state index is -0.744. The quantitative estimate of drug-likeness (QED) is 0.258. The summed E-state index contributed by atoms with van der Waals surface area (Å²) in [5.41, 5.74) is 2.36. The van der Waals surface area contributed by atoms with Crippen molar-refractivity contribution in [2.45, 2.75) is 25.9 Å². The van der Waals surface area contributed by atoms with E-state index in [2.05, 4.69) is 0 Å². The number of carbonyl (C=O) groups excluding carboxylic acids is 1. The molecule has 1 aliphatic heterocycles. The molecule has 1 saturated heterocycles. The predicted molar refractivity (Wildman–Crippen MR) is 137 cm³/mol. The molecule has 0 aliphatic carbocycles. The largest absolute Gasteiger partial charge is 0.488 e. The Hall–Kier alpha value is -3.47. The number of ether oxygens (including phenoxy) is 7. The fourth-order valence-corrected chi connectivity index (χ4v) is 4.07. The minimum Gasteiger partial charge on any atom is -0.488 e. The van der Waals surface area contributed by atoms with Crippen LogP contribution < -0.4 is 14.2 Å². The number of aliphatic hydroxyl groups is 1. The van der Waals surface area contributed by atoms with E-state index < -0.39 is 12.1 Å². The van der Waals surface area contributed by atoms with Gasteiger partial charge in [-0.2, -0.15) is 0 Å². The Morgan fingerprint density at radius 3 is 2.08 bits per heavy atom. The van der Waals surface area contributed by atoms with Crippen LogP contribution in [0, 0.1) is 0 Å². The summed E-state index contributed by atoms with van der Waals surface area (Å²) >= 11 is 0. The molecule has 0 amide bonds. The average Bonchev–Trinajstić information content (AvgIpc) is 2.98. The molecule has 1 aliphatic rings. The van der Waals surface area contributed by atoms with Gasteiger partial charge in [0.2, 0.25) is 5.78 Å². The number of ketones is 1. The Balaban J connectivity index is 1.83. The molecule has 1 heterocycles. The average molecular weight is 525 g/mol. The molecule has 3 aromatic carbocycles. The predicted octanol–water partition coefficient (Wildman–Crippen LogP) is 4.39. The third kappa shape index (κ3) is 6.69. The van der Waals surface area contributed by atoms with Crippen LogP contribution in [-0.2, 0) is 32.2 Å². The van der Waals surface area contributed by atoms with E-state index in [1.54, 1.807) is 30.3 Å². The summed E-state index contributed by atoms with van der Waals surface area (Å²) in [6.07, 6.45) is 0.0164.